The summed E-state index contributed by atoms with van der Waals surface area (Å²) in [4.78, 5) is 22.3. The lowest BCUT2D eigenvalue weighted by molar-refractivity contribution is -0.138. The number of nitrogens with one attached hydrogen (secondary N) is 1. The van der Waals surface area contributed by atoms with Crippen molar-refractivity contribution in [2.45, 2.75) is 18.6 Å². The average Bonchev–Trinajstić information content (AvgIpc) is 2.45. The Hall–Kier alpha value is -2.15. The Morgan fingerprint density at radius 3 is 2.75 bits per heavy atom. The Kier molecular flexibility index (Phi) is 4.52. The minimum absolute atomic E-state index is 0.0552. The summed E-state index contributed by atoms with van der Waals surface area (Å²) in [6, 6.07) is 9.47. The van der Waals surface area contributed by atoms with E-state index in [4.69, 9.17) is 5.11 Å². The molecule has 104 valence electrons. The first-order valence-corrected chi connectivity index (χ1v) is 6.81. The molecule has 1 aromatic rings. The maximum absolute atomic E-state index is 11.4. The van der Waals surface area contributed by atoms with Crippen LogP contribution in [-0.4, -0.2) is 33.1 Å². The van der Waals surface area contributed by atoms with Crippen LogP contribution in [0.1, 0.15) is 18.9 Å². The topological polar surface area (TPSA) is 91.1 Å². The number of thioether (sulfide) groups is 1. The highest BCUT2D eigenvalue weighted by Crippen LogP contribution is 2.20. The highest BCUT2D eigenvalue weighted by molar-refractivity contribution is 8.15. The third-order valence-electron chi connectivity index (χ3n) is 2.63. The number of nitrogens with zero attached hydrogens (tertiary/aromatic N) is 2. The summed E-state index contributed by atoms with van der Waals surface area (Å²) >= 11 is 0.992. The third-order valence-corrected chi connectivity index (χ3v) is 3.69. The number of carboxylic acids is 1. The molecule has 0 bridgehead atoms. The minimum Gasteiger partial charge on any atom is -0.480 e. The Balaban J connectivity index is 2.14. The molecule has 20 heavy (non-hydrogen) atoms. The number of benzene rings is 1. The lowest BCUT2D eigenvalue weighted by atomic mass is 10.1. The molecule has 2 rings (SSSR count). The van der Waals surface area contributed by atoms with Gasteiger partial charge in [0.1, 0.15) is 5.25 Å². The van der Waals surface area contributed by atoms with Gasteiger partial charge in [-0.15, -0.1) is 5.10 Å². The molecule has 1 aliphatic heterocycles. The van der Waals surface area contributed by atoms with E-state index < -0.39 is 11.2 Å². The fraction of sp³-hybridized carbons (Fsp3) is 0.231. The molecule has 0 unspecified atom stereocenters. The first-order valence-electron chi connectivity index (χ1n) is 5.93. The number of hydrogen-bond acceptors (Lipinski definition) is 5. The third kappa shape index (κ3) is 3.67. The van der Waals surface area contributed by atoms with Crippen LogP contribution in [0.2, 0.25) is 0 Å². The maximum Gasteiger partial charge on any atom is 0.317 e. The van der Waals surface area contributed by atoms with E-state index in [1.807, 2.05) is 30.3 Å². The summed E-state index contributed by atoms with van der Waals surface area (Å²) < 4.78 is 0. The van der Waals surface area contributed by atoms with E-state index in [2.05, 4.69) is 15.5 Å². The van der Waals surface area contributed by atoms with Gasteiger partial charge in [-0.05, 0) is 12.5 Å². The molecule has 1 saturated heterocycles. The molecule has 0 aliphatic carbocycles. The van der Waals surface area contributed by atoms with Gasteiger partial charge in [-0.1, -0.05) is 42.1 Å². The number of carbonyl (C=O) groups is 2. The minimum atomic E-state index is -1.03. The van der Waals surface area contributed by atoms with E-state index in [0.717, 1.165) is 17.3 Å². The molecule has 0 saturated carbocycles. The summed E-state index contributed by atoms with van der Waals surface area (Å²) in [6.07, 6.45) is -0.0552. The maximum atomic E-state index is 11.4. The van der Waals surface area contributed by atoms with Crippen molar-refractivity contribution in [1.82, 2.24) is 5.32 Å². The number of aliphatic carboxylic acids is 1. The van der Waals surface area contributed by atoms with Crippen molar-refractivity contribution < 1.29 is 14.7 Å². The predicted octanol–water partition coefficient (Wildman–Crippen LogP) is 1.47. The Morgan fingerprint density at radius 2 is 2.10 bits per heavy atom. The summed E-state index contributed by atoms with van der Waals surface area (Å²) in [5.41, 5.74) is 1.60. The summed E-state index contributed by atoms with van der Waals surface area (Å²) in [6.45, 7) is 1.80. The zero-order valence-corrected chi connectivity index (χ0v) is 11.6. The van der Waals surface area contributed by atoms with E-state index in [-0.39, 0.29) is 17.5 Å². The molecule has 0 spiro atoms. The van der Waals surface area contributed by atoms with Crippen LogP contribution < -0.4 is 5.32 Å². The fourth-order valence-corrected chi connectivity index (χ4v) is 2.45. The summed E-state index contributed by atoms with van der Waals surface area (Å²) in [5, 5.41) is 18.8. The van der Waals surface area contributed by atoms with Crippen LogP contribution in [0.5, 0.6) is 0 Å². The Bertz CT molecular complexity index is 584. The van der Waals surface area contributed by atoms with E-state index in [0.29, 0.717) is 5.71 Å². The summed E-state index contributed by atoms with van der Waals surface area (Å²) in [5.74, 6) is -1.39. The molecule has 1 heterocycles. The van der Waals surface area contributed by atoms with Crippen molar-refractivity contribution in [3.63, 3.8) is 0 Å². The van der Waals surface area contributed by atoms with Crippen LogP contribution in [0.25, 0.3) is 0 Å². The highest BCUT2D eigenvalue weighted by Gasteiger charge is 2.29. The summed E-state index contributed by atoms with van der Waals surface area (Å²) in [7, 11) is 0. The highest BCUT2D eigenvalue weighted by atomic mass is 32.2. The fourth-order valence-electron chi connectivity index (χ4n) is 1.59. The van der Waals surface area contributed by atoms with Gasteiger partial charge in [0.25, 0.3) is 0 Å². The van der Waals surface area contributed by atoms with Gasteiger partial charge in [0, 0.05) is 6.42 Å². The van der Waals surface area contributed by atoms with E-state index in [1.54, 1.807) is 6.92 Å². The van der Waals surface area contributed by atoms with Crippen molar-refractivity contribution in [2.75, 3.05) is 0 Å². The number of amides is 1. The molecule has 1 amide bonds. The molecule has 0 aromatic heterocycles. The zero-order valence-electron chi connectivity index (χ0n) is 10.7. The molecule has 7 heteroatoms. The van der Waals surface area contributed by atoms with Gasteiger partial charge in [-0.3, -0.25) is 9.59 Å². The normalized spacial score (nSPS) is 21.6. The lowest BCUT2D eigenvalue weighted by Gasteiger charge is -2.18. The van der Waals surface area contributed by atoms with Crippen LogP contribution in [0, 0.1) is 0 Å². The van der Waals surface area contributed by atoms with Crippen molar-refractivity contribution >= 4 is 34.5 Å². The van der Waals surface area contributed by atoms with Crippen LogP contribution in [0.15, 0.2) is 40.5 Å². The van der Waals surface area contributed by atoms with Crippen molar-refractivity contribution in [1.29, 1.82) is 0 Å². The van der Waals surface area contributed by atoms with Crippen molar-refractivity contribution in [3.05, 3.63) is 35.9 Å². The van der Waals surface area contributed by atoms with E-state index in [9.17, 15) is 9.59 Å². The van der Waals surface area contributed by atoms with E-state index in [1.165, 1.54) is 0 Å². The molecule has 1 atom stereocenters. The van der Waals surface area contributed by atoms with Gasteiger partial charge in [0.15, 0.2) is 5.17 Å². The molecule has 2 N–H and O–H groups in total. The SMILES string of the molecule is CC(=NN=C1NC(=O)C[C@@H](C(=O)O)S1)c1ccccc1. The second kappa shape index (κ2) is 6.33. The number of carbonyl (C=O) groups excluding carboxylic acids is 1. The van der Waals surface area contributed by atoms with Gasteiger partial charge < -0.3 is 10.4 Å². The molecule has 1 aliphatic rings. The second-order valence-corrected chi connectivity index (χ2v) is 5.35. The first-order chi connectivity index (χ1) is 9.56. The van der Waals surface area contributed by atoms with Gasteiger partial charge in [0.2, 0.25) is 5.91 Å². The second-order valence-electron chi connectivity index (χ2n) is 4.15. The largest absolute Gasteiger partial charge is 0.480 e. The van der Waals surface area contributed by atoms with Gasteiger partial charge in [-0.2, -0.15) is 5.10 Å². The lowest BCUT2D eigenvalue weighted by Crippen LogP contribution is -2.40. The first kappa shape index (κ1) is 14.3. The van der Waals surface area contributed by atoms with Gasteiger partial charge >= 0.3 is 5.97 Å². The van der Waals surface area contributed by atoms with Crippen molar-refractivity contribution in [2.24, 2.45) is 10.2 Å². The smallest absolute Gasteiger partial charge is 0.317 e. The van der Waals surface area contributed by atoms with Crippen LogP contribution in [-0.2, 0) is 9.59 Å². The van der Waals surface area contributed by atoms with Crippen LogP contribution in [0.3, 0.4) is 0 Å². The molecular weight excluding hydrogens is 278 g/mol. The van der Waals surface area contributed by atoms with Crippen LogP contribution >= 0.6 is 11.8 Å². The number of rotatable bonds is 3. The molecule has 1 aromatic carbocycles. The Morgan fingerprint density at radius 1 is 1.40 bits per heavy atom. The Labute approximate surface area is 120 Å². The molecule has 1 fully saturated rings. The van der Waals surface area contributed by atoms with E-state index >= 15 is 0 Å². The number of hydrogen-bond donors (Lipinski definition) is 2. The zero-order chi connectivity index (χ0) is 14.5. The monoisotopic (exact) mass is 291 g/mol. The number of amidine groups is 1. The van der Waals surface area contributed by atoms with Crippen molar-refractivity contribution in [3.8, 4) is 0 Å². The van der Waals surface area contributed by atoms with Gasteiger partial charge in [-0.25, -0.2) is 0 Å². The molecule has 6 nitrogen and oxygen atoms in total. The predicted molar refractivity (Wildman–Crippen MR) is 77.9 cm³/mol. The molecular formula is C13H13N3O3S. The van der Waals surface area contributed by atoms with Gasteiger partial charge in [0.05, 0.1) is 5.71 Å². The quantitative estimate of drug-likeness (QED) is 0.651. The standard InChI is InChI=1S/C13H13N3O3S/c1-8(9-5-3-2-4-6-9)15-16-13-14-11(17)7-10(20-13)12(18)19/h2-6,10H,7H2,1H3,(H,18,19)(H,14,16,17)/t10-/m0/s1. The van der Waals surface area contributed by atoms with Crippen LogP contribution in [0.4, 0.5) is 0 Å². The molecule has 0 radical (unpaired) electrons. The average molecular weight is 291 g/mol. The number of carboxylic acid groups (broad SMARTS) is 1.